The van der Waals surface area contributed by atoms with E-state index in [9.17, 15) is 4.79 Å². The third kappa shape index (κ3) is 5.03. The van der Waals surface area contributed by atoms with Gasteiger partial charge >= 0.3 is 0 Å². The molecule has 3 heterocycles. The number of aromatic nitrogens is 5. The second kappa shape index (κ2) is 9.70. The molecule has 4 aromatic rings. The van der Waals surface area contributed by atoms with Gasteiger partial charge in [-0.05, 0) is 62.6 Å². The van der Waals surface area contributed by atoms with E-state index in [-0.39, 0.29) is 11.6 Å². The van der Waals surface area contributed by atoms with Crippen LogP contribution in [-0.2, 0) is 0 Å². The van der Waals surface area contributed by atoms with Crippen molar-refractivity contribution in [2.24, 2.45) is 0 Å². The summed E-state index contributed by atoms with van der Waals surface area (Å²) >= 11 is 0. The molecule has 9 heteroatoms. The van der Waals surface area contributed by atoms with E-state index in [1.807, 2.05) is 67.6 Å². The van der Waals surface area contributed by atoms with Crippen molar-refractivity contribution in [3.63, 3.8) is 0 Å². The van der Waals surface area contributed by atoms with E-state index in [4.69, 9.17) is 4.98 Å². The van der Waals surface area contributed by atoms with Crippen LogP contribution < -0.4 is 15.5 Å². The number of rotatable bonds is 6. The molecule has 9 nitrogen and oxygen atoms in total. The predicted molar refractivity (Wildman–Crippen MR) is 132 cm³/mol. The Labute approximate surface area is 197 Å². The van der Waals surface area contributed by atoms with Gasteiger partial charge in [0.25, 0.3) is 5.91 Å². The molecule has 2 N–H and O–H groups in total. The van der Waals surface area contributed by atoms with Gasteiger partial charge < -0.3 is 15.5 Å². The van der Waals surface area contributed by atoms with Crippen LogP contribution in [0.15, 0.2) is 66.9 Å². The van der Waals surface area contributed by atoms with Gasteiger partial charge in [0.2, 0.25) is 5.95 Å². The lowest BCUT2D eigenvalue weighted by Crippen LogP contribution is -2.31. The first-order valence-electron chi connectivity index (χ1n) is 11.4. The summed E-state index contributed by atoms with van der Waals surface area (Å²) in [6, 6.07) is 18.9. The lowest BCUT2D eigenvalue weighted by atomic mass is 10.1. The normalized spacial score (nSPS) is 13.5. The molecule has 1 fully saturated rings. The molecule has 0 unspecified atom stereocenters. The van der Waals surface area contributed by atoms with E-state index in [1.165, 1.54) is 30.3 Å². The zero-order valence-electron chi connectivity index (χ0n) is 19.0. The summed E-state index contributed by atoms with van der Waals surface area (Å²) in [7, 11) is 0. The highest BCUT2D eigenvalue weighted by Crippen LogP contribution is 2.22. The van der Waals surface area contributed by atoms with Crippen molar-refractivity contribution in [3.05, 3.63) is 78.2 Å². The lowest BCUT2D eigenvalue weighted by molar-refractivity contribution is 0.102. The molecule has 34 heavy (non-hydrogen) atoms. The average Bonchev–Trinajstić information content (AvgIpc) is 3.37. The number of aryl methyl sites for hydroxylation is 1. The van der Waals surface area contributed by atoms with E-state index in [0.29, 0.717) is 5.69 Å². The topological polar surface area (TPSA) is 101 Å². The molecule has 0 saturated carbocycles. The summed E-state index contributed by atoms with van der Waals surface area (Å²) in [5, 5.41) is 14.6. The van der Waals surface area contributed by atoms with E-state index >= 15 is 0 Å². The molecule has 1 saturated heterocycles. The van der Waals surface area contributed by atoms with Gasteiger partial charge in [-0.1, -0.05) is 18.2 Å². The Balaban J connectivity index is 1.23. The first-order valence-corrected chi connectivity index (χ1v) is 11.4. The first kappa shape index (κ1) is 21.6. The summed E-state index contributed by atoms with van der Waals surface area (Å²) in [6.07, 6.45) is 5.07. The third-order valence-corrected chi connectivity index (χ3v) is 5.61. The molecule has 0 aliphatic carbocycles. The summed E-state index contributed by atoms with van der Waals surface area (Å²) in [5.41, 5.74) is 3.49. The second-order valence-corrected chi connectivity index (χ2v) is 8.25. The van der Waals surface area contributed by atoms with Crippen LogP contribution in [0.1, 0.15) is 35.4 Å². The highest BCUT2D eigenvalue weighted by Gasteiger charge is 2.15. The molecule has 2 aromatic carbocycles. The first-order chi connectivity index (χ1) is 16.6. The number of nitrogens with one attached hydrogen (secondary N) is 2. The largest absolute Gasteiger partial charge is 0.341 e. The van der Waals surface area contributed by atoms with Crippen LogP contribution in [0.5, 0.6) is 0 Å². The van der Waals surface area contributed by atoms with Gasteiger partial charge in [0, 0.05) is 36.2 Å². The summed E-state index contributed by atoms with van der Waals surface area (Å²) in [5.74, 6) is 1.21. The number of carbonyl (C=O) groups excluding carboxylic acids is 1. The zero-order chi connectivity index (χ0) is 23.3. The van der Waals surface area contributed by atoms with Gasteiger partial charge in [-0.3, -0.25) is 4.79 Å². The molecule has 1 aliphatic rings. The number of nitrogens with zero attached hydrogens (tertiary/aromatic N) is 6. The lowest BCUT2D eigenvalue weighted by Gasteiger charge is -2.27. The molecule has 1 amide bonds. The maximum absolute atomic E-state index is 12.6. The van der Waals surface area contributed by atoms with E-state index in [1.54, 1.807) is 0 Å². The number of piperidine rings is 1. The van der Waals surface area contributed by atoms with Crippen molar-refractivity contribution in [1.82, 2.24) is 25.0 Å². The number of benzene rings is 2. The maximum atomic E-state index is 12.6. The molecule has 5 rings (SSSR count). The van der Waals surface area contributed by atoms with E-state index in [2.05, 4.69) is 30.7 Å². The highest BCUT2D eigenvalue weighted by molar-refractivity contribution is 6.02. The average molecular weight is 455 g/mol. The standard InChI is InChI=1S/C25H26N8O/c1-18-16-23(30-25(27-18)32-14-6-3-7-15-32)28-19-10-12-20(13-11-19)29-24(34)22-17-26-33(31-22)21-8-4-2-5-9-21/h2,4-5,8-13,16-17H,3,6-7,14-15H2,1H3,(H,29,34)(H,27,28,30). The van der Waals surface area contributed by atoms with Crippen molar-refractivity contribution in [1.29, 1.82) is 0 Å². The minimum absolute atomic E-state index is 0.243. The second-order valence-electron chi connectivity index (χ2n) is 8.25. The Morgan fingerprint density at radius 2 is 1.65 bits per heavy atom. The Kier molecular flexibility index (Phi) is 6.15. The number of para-hydroxylation sites is 1. The fourth-order valence-electron chi connectivity index (χ4n) is 3.88. The van der Waals surface area contributed by atoms with Crippen molar-refractivity contribution in [2.45, 2.75) is 26.2 Å². The maximum Gasteiger partial charge on any atom is 0.277 e. The van der Waals surface area contributed by atoms with Gasteiger partial charge in [-0.15, -0.1) is 5.10 Å². The van der Waals surface area contributed by atoms with Crippen LogP contribution in [0.4, 0.5) is 23.1 Å². The number of amides is 1. The minimum atomic E-state index is -0.319. The monoisotopic (exact) mass is 454 g/mol. The predicted octanol–water partition coefficient (Wildman–Crippen LogP) is 4.35. The Hall–Kier alpha value is -4.27. The minimum Gasteiger partial charge on any atom is -0.341 e. The number of anilines is 4. The Morgan fingerprint density at radius 3 is 2.41 bits per heavy atom. The number of carbonyl (C=O) groups is 1. The van der Waals surface area contributed by atoms with E-state index in [0.717, 1.165) is 41.9 Å². The molecular formula is C25H26N8O. The van der Waals surface area contributed by atoms with Crippen molar-refractivity contribution in [2.75, 3.05) is 28.6 Å². The number of hydrogen-bond acceptors (Lipinski definition) is 7. The van der Waals surface area contributed by atoms with Crippen molar-refractivity contribution in [3.8, 4) is 5.69 Å². The molecule has 172 valence electrons. The van der Waals surface area contributed by atoms with Crippen LogP contribution in [-0.4, -0.2) is 44.0 Å². The van der Waals surface area contributed by atoms with Gasteiger partial charge in [-0.25, -0.2) is 4.98 Å². The van der Waals surface area contributed by atoms with Crippen LogP contribution in [0, 0.1) is 6.92 Å². The SMILES string of the molecule is Cc1cc(Nc2ccc(NC(=O)c3cnn(-c4ccccc4)n3)cc2)nc(N2CCCCC2)n1. The highest BCUT2D eigenvalue weighted by atomic mass is 16.2. The number of hydrogen-bond donors (Lipinski definition) is 2. The van der Waals surface area contributed by atoms with Gasteiger partial charge in [0.1, 0.15) is 5.82 Å². The molecule has 2 aromatic heterocycles. The Morgan fingerprint density at radius 1 is 0.912 bits per heavy atom. The van der Waals surface area contributed by atoms with Crippen molar-refractivity contribution < 1.29 is 4.79 Å². The van der Waals surface area contributed by atoms with Gasteiger partial charge in [0.05, 0.1) is 11.9 Å². The van der Waals surface area contributed by atoms with Crippen LogP contribution >= 0.6 is 0 Å². The summed E-state index contributed by atoms with van der Waals surface area (Å²) < 4.78 is 0. The van der Waals surface area contributed by atoms with E-state index < -0.39 is 0 Å². The fraction of sp³-hybridized carbons (Fsp3) is 0.240. The molecule has 0 spiro atoms. The third-order valence-electron chi connectivity index (χ3n) is 5.61. The Bertz CT molecular complexity index is 1260. The van der Waals surface area contributed by atoms with Crippen molar-refractivity contribution >= 4 is 29.0 Å². The molecular weight excluding hydrogens is 428 g/mol. The fourth-order valence-corrected chi connectivity index (χ4v) is 3.88. The smallest absolute Gasteiger partial charge is 0.277 e. The molecule has 0 bridgehead atoms. The van der Waals surface area contributed by atoms with Gasteiger partial charge in [0.15, 0.2) is 5.69 Å². The molecule has 0 atom stereocenters. The quantitative estimate of drug-likeness (QED) is 0.447. The molecule has 1 aliphatic heterocycles. The van der Waals surface area contributed by atoms with Crippen LogP contribution in [0.2, 0.25) is 0 Å². The summed E-state index contributed by atoms with van der Waals surface area (Å²) in [4.78, 5) is 25.6. The van der Waals surface area contributed by atoms with Gasteiger partial charge in [-0.2, -0.15) is 14.9 Å². The zero-order valence-corrected chi connectivity index (χ0v) is 19.0. The van der Waals surface area contributed by atoms with Crippen LogP contribution in [0.3, 0.4) is 0 Å². The summed E-state index contributed by atoms with van der Waals surface area (Å²) in [6.45, 7) is 3.97. The van der Waals surface area contributed by atoms with Crippen LogP contribution in [0.25, 0.3) is 5.69 Å². The molecule has 0 radical (unpaired) electrons.